The Kier molecular flexibility index (Phi) is 9.30. The lowest BCUT2D eigenvalue weighted by Gasteiger charge is -2.29. The van der Waals surface area contributed by atoms with Crippen molar-refractivity contribution >= 4 is 23.6 Å². The zero-order chi connectivity index (χ0) is 22.1. The number of amides is 2. The molecule has 0 heterocycles. The van der Waals surface area contributed by atoms with Crippen LogP contribution in [0.4, 0.5) is 8.78 Å². The maximum atomic E-state index is 14.2. The molecule has 2 aromatic carbocycles. The largest absolute Gasteiger partial charge is 0.354 e. The van der Waals surface area contributed by atoms with Crippen LogP contribution >= 0.6 is 11.8 Å². The van der Waals surface area contributed by atoms with Crippen LogP contribution in [0.15, 0.2) is 48.5 Å². The molecule has 0 aromatic heterocycles. The maximum absolute atomic E-state index is 14.2. The molecule has 0 unspecified atom stereocenters. The van der Waals surface area contributed by atoms with Crippen LogP contribution in [0.3, 0.4) is 0 Å². The molecule has 162 valence electrons. The van der Waals surface area contributed by atoms with Crippen molar-refractivity contribution in [1.82, 2.24) is 10.2 Å². The predicted octanol–water partition coefficient (Wildman–Crippen LogP) is 4.39. The Labute approximate surface area is 181 Å². The van der Waals surface area contributed by atoms with Gasteiger partial charge in [-0.05, 0) is 36.6 Å². The molecule has 7 heteroatoms. The third-order valence-corrected chi connectivity index (χ3v) is 5.55. The number of benzene rings is 2. The smallest absolute Gasteiger partial charge is 0.242 e. The van der Waals surface area contributed by atoms with Gasteiger partial charge in [0.05, 0.1) is 5.75 Å². The van der Waals surface area contributed by atoms with E-state index in [0.29, 0.717) is 17.9 Å². The van der Waals surface area contributed by atoms with Gasteiger partial charge in [0.25, 0.3) is 0 Å². The van der Waals surface area contributed by atoms with Crippen molar-refractivity contribution in [2.24, 2.45) is 5.92 Å². The molecule has 0 aliphatic carbocycles. The normalized spacial score (nSPS) is 11.9. The van der Waals surface area contributed by atoms with Crippen LogP contribution in [0.2, 0.25) is 0 Å². The van der Waals surface area contributed by atoms with E-state index in [-0.39, 0.29) is 35.8 Å². The molecule has 0 spiro atoms. The van der Waals surface area contributed by atoms with E-state index in [1.54, 1.807) is 37.3 Å². The number of thioether (sulfide) groups is 1. The number of nitrogens with one attached hydrogen (secondary N) is 1. The summed E-state index contributed by atoms with van der Waals surface area (Å²) in [5, 5.41) is 2.84. The Hall–Kier alpha value is -2.41. The van der Waals surface area contributed by atoms with Gasteiger partial charge in [0.2, 0.25) is 11.8 Å². The molecule has 1 atom stereocenters. The van der Waals surface area contributed by atoms with E-state index in [2.05, 4.69) is 5.32 Å². The molecule has 0 saturated heterocycles. The minimum atomic E-state index is -0.734. The first-order chi connectivity index (χ1) is 14.3. The number of rotatable bonds is 10. The average molecular weight is 435 g/mol. The summed E-state index contributed by atoms with van der Waals surface area (Å²) in [5.41, 5.74) is 1.26. The Morgan fingerprint density at radius 1 is 1.03 bits per heavy atom. The minimum absolute atomic E-state index is 0.0128. The van der Waals surface area contributed by atoms with E-state index in [1.165, 1.54) is 34.9 Å². The molecule has 2 aromatic rings. The first-order valence-corrected chi connectivity index (χ1v) is 11.1. The quantitative estimate of drug-likeness (QED) is 0.604. The molecular formula is C23H28F2N2O2S. The third kappa shape index (κ3) is 7.44. The minimum Gasteiger partial charge on any atom is -0.354 e. The van der Waals surface area contributed by atoms with Crippen molar-refractivity contribution in [2.75, 3.05) is 12.3 Å². The van der Waals surface area contributed by atoms with Gasteiger partial charge >= 0.3 is 0 Å². The number of halogens is 2. The van der Waals surface area contributed by atoms with E-state index >= 15 is 0 Å². The van der Waals surface area contributed by atoms with Gasteiger partial charge in [0.15, 0.2) is 0 Å². The summed E-state index contributed by atoms with van der Waals surface area (Å²) >= 11 is 1.37. The molecule has 2 rings (SSSR count). The van der Waals surface area contributed by atoms with Gasteiger partial charge in [-0.25, -0.2) is 8.78 Å². The molecule has 0 bridgehead atoms. The van der Waals surface area contributed by atoms with E-state index in [9.17, 15) is 18.4 Å². The SMILES string of the molecule is CC(C)CNC(=O)[C@@H](C)N(Cc1ccccc1F)C(=O)CSCc1ccc(F)cc1. The Morgan fingerprint density at radius 2 is 1.70 bits per heavy atom. The highest BCUT2D eigenvalue weighted by Gasteiger charge is 2.26. The number of nitrogens with zero attached hydrogens (tertiary/aromatic N) is 1. The van der Waals surface area contributed by atoms with Crippen molar-refractivity contribution in [2.45, 2.75) is 39.1 Å². The summed E-state index contributed by atoms with van der Waals surface area (Å²) in [6, 6.07) is 11.6. The van der Waals surface area contributed by atoms with Crippen LogP contribution in [0.5, 0.6) is 0 Å². The second-order valence-corrected chi connectivity index (χ2v) is 8.53. The fourth-order valence-electron chi connectivity index (χ4n) is 2.76. The fourth-order valence-corrected chi connectivity index (χ4v) is 3.64. The van der Waals surface area contributed by atoms with Crippen LogP contribution in [0.25, 0.3) is 0 Å². The van der Waals surface area contributed by atoms with E-state index in [1.807, 2.05) is 13.8 Å². The lowest BCUT2D eigenvalue weighted by Crippen LogP contribution is -2.48. The topological polar surface area (TPSA) is 49.4 Å². The Bertz CT molecular complexity index is 843. The van der Waals surface area contributed by atoms with Gasteiger partial charge in [0.1, 0.15) is 17.7 Å². The number of hydrogen-bond acceptors (Lipinski definition) is 3. The Balaban J connectivity index is 2.06. The molecule has 0 aliphatic rings. The highest BCUT2D eigenvalue weighted by molar-refractivity contribution is 7.99. The van der Waals surface area contributed by atoms with E-state index in [0.717, 1.165) is 5.56 Å². The van der Waals surface area contributed by atoms with Gasteiger partial charge in [-0.3, -0.25) is 9.59 Å². The van der Waals surface area contributed by atoms with Crippen molar-refractivity contribution < 1.29 is 18.4 Å². The summed E-state index contributed by atoms with van der Waals surface area (Å²) in [5.74, 6) is -0.292. The third-order valence-electron chi connectivity index (χ3n) is 4.56. The zero-order valence-electron chi connectivity index (χ0n) is 17.5. The zero-order valence-corrected chi connectivity index (χ0v) is 18.3. The van der Waals surface area contributed by atoms with Gasteiger partial charge in [-0.2, -0.15) is 0 Å². The molecule has 2 amide bonds. The molecule has 0 fully saturated rings. The van der Waals surface area contributed by atoms with Crippen LogP contribution in [0.1, 0.15) is 31.9 Å². The van der Waals surface area contributed by atoms with Gasteiger partial charge in [0, 0.05) is 24.4 Å². The van der Waals surface area contributed by atoms with Crippen LogP contribution in [0, 0.1) is 17.6 Å². The highest BCUT2D eigenvalue weighted by Crippen LogP contribution is 2.17. The summed E-state index contributed by atoms with van der Waals surface area (Å²) in [7, 11) is 0. The Morgan fingerprint density at radius 3 is 2.33 bits per heavy atom. The highest BCUT2D eigenvalue weighted by atomic mass is 32.2. The fraction of sp³-hybridized carbons (Fsp3) is 0.391. The summed E-state index contributed by atoms with van der Waals surface area (Å²) in [4.78, 5) is 26.9. The van der Waals surface area contributed by atoms with Crippen molar-refractivity contribution in [3.8, 4) is 0 Å². The standard InChI is InChI=1S/C23H28F2N2O2S/c1-16(2)12-26-23(29)17(3)27(13-19-6-4-5-7-21(19)25)22(28)15-30-14-18-8-10-20(24)11-9-18/h4-11,16-17H,12-15H2,1-3H3,(H,26,29)/t17-/m1/s1. The second kappa shape index (κ2) is 11.7. The summed E-state index contributed by atoms with van der Waals surface area (Å²) < 4.78 is 27.2. The second-order valence-electron chi connectivity index (χ2n) is 7.55. The summed E-state index contributed by atoms with van der Waals surface area (Å²) in [6.45, 7) is 6.14. The van der Waals surface area contributed by atoms with Crippen molar-refractivity contribution in [1.29, 1.82) is 0 Å². The first-order valence-electron chi connectivity index (χ1n) is 9.90. The van der Waals surface area contributed by atoms with Crippen LogP contribution < -0.4 is 5.32 Å². The lowest BCUT2D eigenvalue weighted by molar-refractivity contribution is -0.138. The van der Waals surface area contributed by atoms with Gasteiger partial charge < -0.3 is 10.2 Å². The monoisotopic (exact) mass is 434 g/mol. The van der Waals surface area contributed by atoms with Crippen LogP contribution in [-0.4, -0.2) is 35.1 Å². The lowest BCUT2D eigenvalue weighted by atomic mass is 10.1. The first kappa shape index (κ1) is 23.9. The van der Waals surface area contributed by atoms with Crippen molar-refractivity contribution in [3.63, 3.8) is 0 Å². The predicted molar refractivity (Wildman–Crippen MR) is 117 cm³/mol. The molecule has 0 saturated carbocycles. The van der Waals surface area contributed by atoms with Crippen LogP contribution in [-0.2, 0) is 21.9 Å². The van der Waals surface area contributed by atoms with Gasteiger partial charge in [-0.15, -0.1) is 11.8 Å². The molecule has 30 heavy (non-hydrogen) atoms. The number of carbonyl (C=O) groups is 2. The molecular weight excluding hydrogens is 406 g/mol. The van der Waals surface area contributed by atoms with E-state index in [4.69, 9.17) is 0 Å². The average Bonchev–Trinajstić information content (AvgIpc) is 2.72. The maximum Gasteiger partial charge on any atom is 0.242 e. The molecule has 0 aliphatic heterocycles. The summed E-state index contributed by atoms with van der Waals surface area (Å²) in [6.07, 6.45) is 0. The molecule has 1 N–H and O–H groups in total. The molecule has 4 nitrogen and oxygen atoms in total. The van der Waals surface area contributed by atoms with Crippen molar-refractivity contribution in [3.05, 3.63) is 71.3 Å². The number of hydrogen-bond donors (Lipinski definition) is 1. The molecule has 0 radical (unpaired) electrons. The van der Waals surface area contributed by atoms with E-state index < -0.39 is 11.9 Å². The van der Waals surface area contributed by atoms with Gasteiger partial charge in [-0.1, -0.05) is 44.2 Å². The number of carbonyl (C=O) groups excluding carboxylic acids is 2.